The van der Waals surface area contributed by atoms with E-state index in [1.54, 1.807) is 30.8 Å². The van der Waals surface area contributed by atoms with Crippen LogP contribution in [-0.4, -0.2) is 129 Å². The Labute approximate surface area is 482 Å². The van der Waals surface area contributed by atoms with Crippen molar-refractivity contribution in [2.24, 2.45) is 0 Å². The predicted molar refractivity (Wildman–Crippen MR) is 266 cm³/mol. The van der Waals surface area contributed by atoms with Crippen LogP contribution in [0.5, 0.6) is 5.75 Å². The van der Waals surface area contributed by atoms with Gasteiger partial charge in [0.25, 0.3) is 11.8 Å². The van der Waals surface area contributed by atoms with Crippen LogP contribution in [0.3, 0.4) is 0 Å². The van der Waals surface area contributed by atoms with Gasteiger partial charge in [0.1, 0.15) is 28.2 Å². The van der Waals surface area contributed by atoms with Crippen molar-refractivity contribution in [3.63, 3.8) is 0 Å². The molecule has 0 aliphatic carbocycles. The van der Waals surface area contributed by atoms with E-state index in [-0.39, 0.29) is 117 Å². The van der Waals surface area contributed by atoms with Crippen molar-refractivity contribution in [3.8, 4) is 5.75 Å². The molecule has 0 spiro atoms. The van der Waals surface area contributed by atoms with Gasteiger partial charge in [-0.15, -0.1) is 5.06 Å². The number of ether oxygens (including phenoxy) is 3. The molecule has 75 heavy (non-hydrogen) atoms. The van der Waals surface area contributed by atoms with E-state index in [2.05, 4.69) is 6.08 Å². The van der Waals surface area contributed by atoms with E-state index in [9.17, 15) is 53.3 Å². The van der Waals surface area contributed by atoms with E-state index >= 15 is 0 Å². The van der Waals surface area contributed by atoms with E-state index in [4.69, 9.17) is 19.0 Å². The molecule has 1 atom stereocenters. The molecule has 2 amide bonds. The van der Waals surface area contributed by atoms with Crippen molar-refractivity contribution in [1.29, 1.82) is 0 Å². The first-order valence-electron chi connectivity index (χ1n) is 23.7. The minimum absolute atomic E-state index is 0. The fraction of sp³-hybridized carbons (Fsp3) is 0.412. The van der Waals surface area contributed by atoms with Gasteiger partial charge in [-0.05, 0) is 81.9 Å². The number of anilines is 1. The maximum absolute atomic E-state index is 13.0. The molecule has 392 valence electrons. The van der Waals surface area contributed by atoms with Crippen LogP contribution in [0.25, 0.3) is 16.9 Å². The van der Waals surface area contributed by atoms with Crippen molar-refractivity contribution >= 4 is 82.1 Å². The quantitative estimate of drug-likeness (QED) is 0.0388. The summed E-state index contributed by atoms with van der Waals surface area (Å²) in [5.74, 6) is -2.45. The first-order valence-corrected chi connectivity index (χ1v) is 28.2. The molecular weight excluding hydrogens is 1050 g/mol. The molecule has 0 saturated carbocycles. The van der Waals surface area contributed by atoms with E-state index in [1.807, 2.05) is 73.4 Å². The Morgan fingerprint density at radius 1 is 0.840 bits per heavy atom. The molecule has 7 rings (SSSR count). The predicted octanol–water partition coefficient (Wildman–Crippen LogP) is -0.288. The molecule has 1 unspecified atom stereocenters. The summed E-state index contributed by atoms with van der Waals surface area (Å²) in [5, 5.41) is 0.445. The average molecular weight is 1110 g/mol. The van der Waals surface area contributed by atoms with Crippen molar-refractivity contribution in [2.75, 3.05) is 56.4 Å². The fourth-order valence-electron chi connectivity index (χ4n) is 9.67. The summed E-state index contributed by atoms with van der Waals surface area (Å²) in [6.45, 7) is 7.15. The van der Waals surface area contributed by atoms with Gasteiger partial charge in [-0.25, -0.2) is 30.0 Å². The van der Waals surface area contributed by atoms with Crippen LogP contribution < -0.4 is 68.8 Å². The first kappa shape index (κ1) is 62.0. The van der Waals surface area contributed by atoms with Gasteiger partial charge in [-0.2, -0.15) is 4.58 Å². The molecule has 1 fully saturated rings. The number of benzene rings is 3. The second-order valence-electron chi connectivity index (χ2n) is 18.8. The molecule has 0 radical (unpaired) electrons. The summed E-state index contributed by atoms with van der Waals surface area (Å²) >= 11 is 0. The largest absolute Gasteiger partial charge is 1.00 e. The summed E-state index contributed by atoms with van der Waals surface area (Å²) in [5.41, 5.74) is 4.13. The SMILES string of the molecule is COCCOCCC1=CC(C)(C)N(CCCS(=O)(=O)[O-])c2cc3c(cc21)C(=CC=CC1=[N+](CCCS(=O)(=O)[O-])c2ccc(S(=O)(=O)[O-])cc2C1(C)CCCC(=O)ON1C(=O)CCC1=O)C=C(c1ccccc1)O3.[Na+].[Na+]. The Hall–Kier alpha value is -3.85. The number of methoxy groups -OCH3 is 1. The van der Waals surface area contributed by atoms with Crippen LogP contribution >= 0.6 is 0 Å². The molecule has 24 heteroatoms. The third-order valence-corrected chi connectivity index (χ3v) is 15.5. The second kappa shape index (κ2) is 25.7. The maximum atomic E-state index is 13.0. The van der Waals surface area contributed by atoms with Crippen LogP contribution in [-0.2, 0) is 64.5 Å². The number of hydrogen-bond acceptors (Lipinski definition) is 17. The third kappa shape index (κ3) is 15.5. The van der Waals surface area contributed by atoms with Crippen LogP contribution in [0.4, 0.5) is 11.4 Å². The van der Waals surface area contributed by atoms with Crippen molar-refractivity contribution in [2.45, 2.75) is 88.0 Å². The van der Waals surface area contributed by atoms with E-state index in [0.29, 0.717) is 70.9 Å². The number of allylic oxidation sites excluding steroid dienone is 5. The van der Waals surface area contributed by atoms with Gasteiger partial charge in [0.15, 0.2) is 5.71 Å². The minimum atomic E-state index is -4.98. The van der Waals surface area contributed by atoms with E-state index in [0.717, 1.165) is 28.5 Å². The normalized spacial score (nSPS) is 18.7. The zero-order valence-electron chi connectivity index (χ0n) is 42.9. The Morgan fingerprint density at radius 3 is 2.17 bits per heavy atom. The maximum Gasteiger partial charge on any atom is 1.00 e. The van der Waals surface area contributed by atoms with Gasteiger partial charge in [0.2, 0.25) is 5.69 Å². The summed E-state index contributed by atoms with van der Waals surface area (Å²) in [6, 6.07) is 17.1. The number of rotatable bonds is 23. The molecule has 0 bridgehead atoms. The first-order chi connectivity index (χ1) is 34.4. The Morgan fingerprint density at radius 2 is 1.52 bits per heavy atom. The molecule has 19 nitrogen and oxygen atoms in total. The standard InChI is InChI=1S/C51H59N3O16S3.2Na/c1-50(2)34-37(21-25-68-27-26-67-4)39-32-40-36(30-44(35-12-6-5-7-13-35)69-45(40)33-43(39)53(50)24-11-29-72(61,62)63)14-8-15-46-51(3,22-9-16-49(57)70-54-47(55)19-20-48(54)56)41-31-38(73(64,65)66)17-18-42(41)52(46)23-10-28-71(58,59)60;;/h5-8,12-15,17-18,30-34H,9-11,16,19-29H2,1-4H3,(H2-,58,59,60,61,62,63,64,65,66);;/q;2*+1/p-2. The molecule has 3 aromatic rings. The molecule has 1 saturated heterocycles. The van der Waals surface area contributed by atoms with Gasteiger partial charge >= 0.3 is 65.1 Å². The zero-order valence-corrected chi connectivity index (χ0v) is 49.3. The van der Waals surface area contributed by atoms with Gasteiger partial charge in [-0.1, -0.05) is 48.6 Å². The number of hydrogen-bond donors (Lipinski definition) is 0. The van der Waals surface area contributed by atoms with Crippen molar-refractivity contribution in [3.05, 3.63) is 113 Å². The van der Waals surface area contributed by atoms with Crippen LogP contribution in [0.1, 0.15) is 94.4 Å². The number of fused-ring (bicyclic) bond motifs is 3. The number of nitrogens with zero attached hydrogens (tertiary/aromatic N) is 3. The van der Waals surface area contributed by atoms with Crippen molar-refractivity contribution in [1.82, 2.24) is 5.06 Å². The topological polar surface area (TPSA) is 269 Å². The monoisotopic (exact) mass is 1110 g/mol. The molecule has 4 heterocycles. The van der Waals surface area contributed by atoms with Gasteiger partial charge in [-0.3, -0.25) is 9.59 Å². The number of carbonyl (C=O) groups is 3. The molecule has 3 aromatic carbocycles. The van der Waals surface area contributed by atoms with Gasteiger partial charge in [0, 0.05) is 97.0 Å². The molecule has 4 aliphatic heterocycles. The molecule has 4 aliphatic rings. The Balaban J connectivity index is 0.00000520. The second-order valence-corrected chi connectivity index (χ2v) is 23.2. The zero-order chi connectivity index (χ0) is 52.9. The number of carbonyl (C=O) groups excluding carboxylic acids is 3. The molecule has 0 N–H and O–H groups in total. The minimum Gasteiger partial charge on any atom is -0.748 e. The number of imide groups is 1. The third-order valence-electron chi connectivity index (χ3n) is 13.1. The van der Waals surface area contributed by atoms with E-state index in [1.165, 1.54) is 12.1 Å². The van der Waals surface area contributed by atoms with Crippen LogP contribution in [0.2, 0.25) is 0 Å². The summed E-state index contributed by atoms with van der Waals surface area (Å²) in [4.78, 5) is 44.0. The van der Waals surface area contributed by atoms with Crippen molar-refractivity contribution < 1.29 is 136 Å². The van der Waals surface area contributed by atoms with Gasteiger partial charge in [0.05, 0.1) is 55.9 Å². The summed E-state index contributed by atoms with van der Waals surface area (Å²) < 4.78 is 127. The number of amides is 2. The molecular formula is C51H57N3Na2O16S3. The smallest absolute Gasteiger partial charge is 0.748 e. The summed E-state index contributed by atoms with van der Waals surface area (Å²) in [7, 11) is -12.5. The molecule has 0 aromatic heterocycles. The fourth-order valence-corrected chi connectivity index (χ4v) is 11.1. The Bertz CT molecular complexity index is 3160. The Kier molecular flexibility index (Phi) is 21.3. The van der Waals surface area contributed by atoms with Crippen LogP contribution in [0.15, 0.2) is 95.9 Å². The van der Waals surface area contributed by atoms with Gasteiger partial charge < -0.3 is 37.6 Å². The number of hydroxylamine groups is 2. The average Bonchev–Trinajstić information content (AvgIpc) is 3.75. The summed E-state index contributed by atoms with van der Waals surface area (Å²) in [6.07, 6.45) is 9.50. The van der Waals surface area contributed by atoms with Crippen LogP contribution in [0, 0.1) is 0 Å². The van der Waals surface area contributed by atoms with E-state index < -0.39 is 75.5 Å².